The standard InChI is InChI=1S/C14H12N6S3/c1-8-5-3-4-6-10(8)12-19-20-11(16-17-13(20)23-12)7-21-14-18-15-9(2)22-14/h3-6H,7H2,1-2H3. The van der Waals surface area contributed by atoms with Crippen LogP contribution in [-0.2, 0) is 5.75 Å². The minimum Gasteiger partial charge on any atom is -0.186 e. The second-order valence-corrected chi connectivity index (χ2v) is 8.27. The largest absolute Gasteiger partial charge is 0.235 e. The molecule has 9 heteroatoms. The van der Waals surface area contributed by atoms with E-state index < -0.39 is 0 Å². The number of aromatic nitrogens is 6. The molecule has 4 rings (SSSR count). The molecule has 0 atom stereocenters. The van der Waals surface area contributed by atoms with Gasteiger partial charge in [0.2, 0.25) is 4.96 Å². The third-order valence-corrected chi connectivity index (χ3v) is 6.16. The number of hydrogen-bond acceptors (Lipinski definition) is 8. The average molecular weight is 360 g/mol. The molecular formula is C14H12N6S3. The minimum absolute atomic E-state index is 0.673. The molecule has 0 spiro atoms. The molecule has 1 aromatic carbocycles. The van der Waals surface area contributed by atoms with E-state index in [1.165, 1.54) is 5.56 Å². The highest BCUT2D eigenvalue weighted by Crippen LogP contribution is 2.30. The van der Waals surface area contributed by atoms with Gasteiger partial charge in [-0.05, 0) is 19.4 Å². The summed E-state index contributed by atoms with van der Waals surface area (Å²) in [6.07, 6.45) is 0. The molecular weight excluding hydrogens is 348 g/mol. The number of rotatable bonds is 4. The first-order valence-corrected chi connectivity index (χ1v) is 9.52. The lowest BCUT2D eigenvalue weighted by Crippen LogP contribution is -1.94. The van der Waals surface area contributed by atoms with Crippen LogP contribution >= 0.6 is 34.4 Å². The van der Waals surface area contributed by atoms with E-state index in [1.807, 2.05) is 23.6 Å². The smallest absolute Gasteiger partial charge is 0.186 e. The maximum absolute atomic E-state index is 4.69. The van der Waals surface area contributed by atoms with Gasteiger partial charge in [0.05, 0.1) is 5.75 Å². The molecule has 0 aliphatic carbocycles. The maximum Gasteiger partial charge on any atom is 0.235 e. The van der Waals surface area contributed by atoms with Crippen LogP contribution in [0, 0.1) is 13.8 Å². The van der Waals surface area contributed by atoms with E-state index in [9.17, 15) is 0 Å². The zero-order chi connectivity index (χ0) is 15.8. The molecule has 6 nitrogen and oxygen atoms in total. The van der Waals surface area contributed by atoms with Gasteiger partial charge < -0.3 is 0 Å². The number of benzene rings is 1. The number of thioether (sulfide) groups is 1. The van der Waals surface area contributed by atoms with Gasteiger partial charge in [0.25, 0.3) is 0 Å². The molecule has 116 valence electrons. The van der Waals surface area contributed by atoms with E-state index in [4.69, 9.17) is 0 Å². The lowest BCUT2D eigenvalue weighted by Gasteiger charge is -1.99. The van der Waals surface area contributed by atoms with Crippen molar-refractivity contribution in [2.24, 2.45) is 0 Å². The van der Waals surface area contributed by atoms with Crippen molar-refractivity contribution in [3.05, 3.63) is 40.7 Å². The highest BCUT2D eigenvalue weighted by molar-refractivity contribution is 8.00. The molecule has 0 bridgehead atoms. The first kappa shape index (κ1) is 14.7. The van der Waals surface area contributed by atoms with Crippen LogP contribution in [-0.4, -0.2) is 30.0 Å². The Hall–Kier alpha value is -1.84. The van der Waals surface area contributed by atoms with Crippen molar-refractivity contribution in [1.82, 2.24) is 30.0 Å². The molecule has 0 saturated carbocycles. The molecule has 0 aliphatic heterocycles. The number of aryl methyl sites for hydroxylation is 2. The zero-order valence-electron chi connectivity index (χ0n) is 12.4. The molecule has 0 N–H and O–H groups in total. The average Bonchev–Trinajstić information content (AvgIpc) is 3.22. The number of fused-ring (bicyclic) bond motifs is 1. The molecule has 0 radical (unpaired) electrons. The summed E-state index contributed by atoms with van der Waals surface area (Å²) in [5, 5.41) is 23.2. The van der Waals surface area contributed by atoms with Crippen LogP contribution in [0.15, 0.2) is 28.6 Å². The molecule has 0 aliphatic rings. The van der Waals surface area contributed by atoms with Crippen molar-refractivity contribution in [3.8, 4) is 10.6 Å². The Bertz CT molecular complexity index is 970. The number of nitrogens with zero attached hydrogens (tertiary/aromatic N) is 6. The molecule has 0 fully saturated rings. The molecule has 0 unspecified atom stereocenters. The van der Waals surface area contributed by atoms with Gasteiger partial charge in [-0.25, -0.2) is 0 Å². The molecule has 23 heavy (non-hydrogen) atoms. The van der Waals surface area contributed by atoms with Crippen LogP contribution in [0.5, 0.6) is 0 Å². The third-order valence-electron chi connectivity index (χ3n) is 3.26. The summed E-state index contributed by atoms with van der Waals surface area (Å²) >= 11 is 4.75. The summed E-state index contributed by atoms with van der Waals surface area (Å²) in [6.45, 7) is 4.04. The van der Waals surface area contributed by atoms with E-state index in [0.717, 1.165) is 30.7 Å². The van der Waals surface area contributed by atoms with Crippen LogP contribution in [0.3, 0.4) is 0 Å². The Morgan fingerprint density at radius 3 is 2.70 bits per heavy atom. The monoisotopic (exact) mass is 360 g/mol. The van der Waals surface area contributed by atoms with Crippen LogP contribution in [0.2, 0.25) is 0 Å². The van der Waals surface area contributed by atoms with Crippen molar-refractivity contribution >= 4 is 39.4 Å². The Morgan fingerprint density at radius 1 is 1.04 bits per heavy atom. The fourth-order valence-corrected chi connectivity index (χ4v) is 4.80. The minimum atomic E-state index is 0.673. The normalized spacial score (nSPS) is 11.4. The summed E-state index contributed by atoms with van der Waals surface area (Å²) in [7, 11) is 0. The number of hydrogen-bond donors (Lipinski definition) is 0. The topological polar surface area (TPSA) is 68.9 Å². The summed E-state index contributed by atoms with van der Waals surface area (Å²) in [6, 6.07) is 8.23. The summed E-state index contributed by atoms with van der Waals surface area (Å²) in [5.41, 5.74) is 2.35. The van der Waals surface area contributed by atoms with Crippen LogP contribution in [0.25, 0.3) is 15.5 Å². The fraction of sp³-hybridized carbons (Fsp3) is 0.214. The Kier molecular flexibility index (Phi) is 3.83. The lowest BCUT2D eigenvalue weighted by atomic mass is 10.1. The van der Waals surface area contributed by atoms with Crippen LogP contribution in [0.4, 0.5) is 0 Å². The van der Waals surface area contributed by atoms with E-state index in [1.54, 1.807) is 34.4 Å². The molecule has 4 aromatic rings. The van der Waals surface area contributed by atoms with Crippen molar-refractivity contribution in [2.45, 2.75) is 23.9 Å². The van der Waals surface area contributed by atoms with Gasteiger partial charge in [0.1, 0.15) is 10.0 Å². The lowest BCUT2D eigenvalue weighted by molar-refractivity contribution is 0.885. The maximum atomic E-state index is 4.69. The van der Waals surface area contributed by atoms with Crippen molar-refractivity contribution in [3.63, 3.8) is 0 Å². The van der Waals surface area contributed by atoms with Gasteiger partial charge in [0.15, 0.2) is 10.2 Å². The van der Waals surface area contributed by atoms with Crippen LogP contribution < -0.4 is 0 Å². The third kappa shape index (κ3) is 2.87. The second kappa shape index (κ2) is 5.99. The predicted octanol–water partition coefficient (Wildman–Crippen LogP) is 3.61. The highest BCUT2D eigenvalue weighted by atomic mass is 32.2. The Balaban J connectivity index is 1.63. The predicted molar refractivity (Wildman–Crippen MR) is 93.0 cm³/mol. The van der Waals surface area contributed by atoms with Gasteiger partial charge in [-0.1, -0.05) is 58.7 Å². The molecule has 3 heterocycles. The zero-order valence-corrected chi connectivity index (χ0v) is 14.9. The van der Waals surface area contributed by atoms with E-state index >= 15 is 0 Å². The Morgan fingerprint density at radius 2 is 1.91 bits per heavy atom. The van der Waals surface area contributed by atoms with Crippen LogP contribution in [0.1, 0.15) is 16.4 Å². The van der Waals surface area contributed by atoms with E-state index in [2.05, 4.69) is 44.5 Å². The molecule has 3 aromatic heterocycles. The summed E-state index contributed by atoms with van der Waals surface area (Å²) in [4.78, 5) is 0.812. The van der Waals surface area contributed by atoms with Gasteiger partial charge in [-0.2, -0.15) is 9.61 Å². The molecule has 0 saturated heterocycles. The van der Waals surface area contributed by atoms with Gasteiger partial charge in [0, 0.05) is 5.56 Å². The quantitative estimate of drug-likeness (QED) is 0.518. The van der Waals surface area contributed by atoms with Crippen molar-refractivity contribution in [2.75, 3.05) is 0 Å². The Labute approximate surface area is 144 Å². The second-order valence-electron chi connectivity index (χ2n) is 4.91. The fourth-order valence-electron chi connectivity index (χ4n) is 2.13. The highest BCUT2D eigenvalue weighted by Gasteiger charge is 2.14. The van der Waals surface area contributed by atoms with Gasteiger partial charge in [-0.15, -0.1) is 20.4 Å². The first-order chi connectivity index (χ1) is 11.2. The van der Waals surface area contributed by atoms with E-state index in [-0.39, 0.29) is 0 Å². The van der Waals surface area contributed by atoms with E-state index in [0.29, 0.717) is 5.75 Å². The summed E-state index contributed by atoms with van der Waals surface area (Å²) < 4.78 is 2.77. The first-order valence-electron chi connectivity index (χ1n) is 6.91. The molecule has 0 amide bonds. The van der Waals surface area contributed by atoms with Crippen molar-refractivity contribution < 1.29 is 0 Å². The van der Waals surface area contributed by atoms with Crippen molar-refractivity contribution in [1.29, 1.82) is 0 Å². The summed E-state index contributed by atoms with van der Waals surface area (Å²) in [5.74, 6) is 1.50. The van der Waals surface area contributed by atoms with Gasteiger partial charge in [-0.3, -0.25) is 0 Å². The van der Waals surface area contributed by atoms with Gasteiger partial charge >= 0.3 is 0 Å². The SMILES string of the molecule is Cc1nnc(SCc2nnc3sc(-c4ccccc4C)nn23)s1.